The second-order valence-electron chi connectivity index (χ2n) is 5.09. The van der Waals surface area contributed by atoms with Crippen LogP contribution in [-0.4, -0.2) is 38.9 Å². The Balaban J connectivity index is 0.00000176. The molecular weight excluding hydrogens is 325 g/mol. The van der Waals surface area contributed by atoms with Gasteiger partial charge in [-0.25, -0.2) is 4.98 Å². The van der Waals surface area contributed by atoms with Gasteiger partial charge in [0.1, 0.15) is 5.02 Å². The molecule has 3 heterocycles. The highest BCUT2D eigenvalue weighted by molar-refractivity contribution is 6.32. The van der Waals surface area contributed by atoms with E-state index in [1.165, 1.54) is 12.8 Å². The molecule has 0 aromatic carbocycles. The van der Waals surface area contributed by atoms with Crippen molar-refractivity contribution in [2.45, 2.75) is 18.9 Å². The van der Waals surface area contributed by atoms with E-state index < -0.39 is 0 Å². The molecule has 7 nitrogen and oxygen atoms in total. The average molecular weight is 344 g/mol. The van der Waals surface area contributed by atoms with Gasteiger partial charge in [-0.1, -0.05) is 11.6 Å². The molecule has 0 spiro atoms. The predicted octanol–water partition coefficient (Wildman–Crippen LogP) is 2.19. The molecule has 1 saturated heterocycles. The lowest BCUT2D eigenvalue weighted by Crippen LogP contribution is -2.29. The van der Waals surface area contributed by atoms with Crippen LogP contribution in [-0.2, 0) is 7.05 Å². The summed E-state index contributed by atoms with van der Waals surface area (Å²) >= 11 is 6.14. The number of aromatic nitrogens is 4. The topological polar surface area (TPSA) is 79.7 Å². The summed E-state index contributed by atoms with van der Waals surface area (Å²) in [6.07, 6.45) is 7.56. The fourth-order valence-electron chi connectivity index (χ4n) is 2.32. The van der Waals surface area contributed by atoms with Crippen molar-refractivity contribution in [2.24, 2.45) is 7.05 Å². The first-order valence-electron chi connectivity index (χ1n) is 6.96. The van der Waals surface area contributed by atoms with E-state index in [0.717, 1.165) is 18.8 Å². The Morgan fingerprint density at radius 1 is 1.45 bits per heavy atom. The van der Waals surface area contributed by atoms with Gasteiger partial charge in [-0.15, -0.1) is 12.4 Å². The zero-order chi connectivity index (χ0) is 14.7. The van der Waals surface area contributed by atoms with Gasteiger partial charge < -0.3 is 16.0 Å². The van der Waals surface area contributed by atoms with Gasteiger partial charge in [-0.05, 0) is 19.4 Å². The van der Waals surface area contributed by atoms with Gasteiger partial charge in [0.05, 0.1) is 18.1 Å². The molecule has 3 rings (SSSR count). The second kappa shape index (κ2) is 7.62. The summed E-state index contributed by atoms with van der Waals surface area (Å²) in [5.41, 5.74) is 0.836. The monoisotopic (exact) mass is 343 g/mol. The molecule has 0 aliphatic carbocycles. The van der Waals surface area contributed by atoms with Gasteiger partial charge in [0.2, 0.25) is 5.95 Å². The number of halogens is 2. The van der Waals surface area contributed by atoms with E-state index in [1.807, 2.05) is 13.2 Å². The van der Waals surface area contributed by atoms with Crippen LogP contribution in [0.5, 0.6) is 0 Å². The van der Waals surface area contributed by atoms with Crippen molar-refractivity contribution in [3.63, 3.8) is 0 Å². The molecule has 0 radical (unpaired) electrons. The Bertz CT molecular complexity index is 610. The molecule has 0 unspecified atom stereocenters. The van der Waals surface area contributed by atoms with Crippen LogP contribution in [0.25, 0.3) is 0 Å². The number of aryl methyl sites for hydroxylation is 1. The fraction of sp³-hybridized carbons (Fsp3) is 0.462. The van der Waals surface area contributed by atoms with Crippen LogP contribution in [0.15, 0.2) is 18.6 Å². The molecule has 9 heteroatoms. The first kappa shape index (κ1) is 16.8. The molecule has 0 amide bonds. The SMILES string of the molecule is Cl.Cn1cc(Nc2ncc(Cl)c(NC[C@@H]3CCCN3)n2)cn1. The smallest absolute Gasteiger partial charge is 0.229 e. The fourth-order valence-corrected chi connectivity index (χ4v) is 2.47. The number of rotatable bonds is 5. The van der Waals surface area contributed by atoms with Crippen LogP contribution in [0, 0.1) is 0 Å². The third-order valence-corrected chi connectivity index (χ3v) is 3.66. The standard InChI is InChI=1S/C13H18ClN7.ClH/c1-21-8-10(6-18-21)19-13-17-7-11(14)12(20-13)16-5-9-3-2-4-15-9;/h6-9,15H,2-5H2,1H3,(H2,16,17,19,20);1H/t9-;/m0./s1. The summed E-state index contributed by atoms with van der Waals surface area (Å²) in [5.74, 6) is 1.14. The highest BCUT2D eigenvalue weighted by Gasteiger charge is 2.14. The van der Waals surface area contributed by atoms with E-state index in [0.29, 0.717) is 22.8 Å². The highest BCUT2D eigenvalue weighted by atomic mass is 35.5. The minimum Gasteiger partial charge on any atom is -0.367 e. The largest absolute Gasteiger partial charge is 0.367 e. The van der Waals surface area contributed by atoms with Gasteiger partial charge in [-0.2, -0.15) is 10.1 Å². The van der Waals surface area contributed by atoms with Gasteiger partial charge >= 0.3 is 0 Å². The van der Waals surface area contributed by atoms with Crippen LogP contribution in [0.4, 0.5) is 17.5 Å². The van der Waals surface area contributed by atoms with Crippen LogP contribution in [0.2, 0.25) is 5.02 Å². The van der Waals surface area contributed by atoms with Crippen LogP contribution in [0.1, 0.15) is 12.8 Å². The summed E-state index contributed by atoms with van der Waals surface area (Å²) in [6.45, 7) is 1.89. The van der Waals surface area contributed by atoms with Gasteiger partial charge in [0, 0.05) is 25.8 Å². The number of nitrogens with zero attached hydrogens (tertiary/aromatic N) is 4. The lowest BCUT2D eigenvalue weighted by molar-refractivity contribution is 0.632. The van der Waals surface area contributed by atoms with Crippen molar-refractivity contribution in [1.29, 1.82) is 0 Å². The quantitative estimate of drug-likeness (QED) is 0.772. The molecule has 1 fully saturated rings. The minimum absolute atomic E-state index is 0. The van der Waals surface area contributed by atoms with Crippen molar-refractivity contribution in [2.75, 3.05) is 23.7 Å². The molecule has 1 atom stereocenters. The Labute approximate surface area is 140 Å². The summed E-state index contributed by atoms with van der Waals surface area (Å²) < 4.78 is 1.71. The molecule has 1 aliphatic heterocycles. The normalized spacial score (nSPS) is 17.1. The molecule has 3 N–H and O–H groups in total. The van der Waals surface area contributed by atoms with Crippen molar-refractivity contribution in [3.8, 4) is 0 Å². The summed E-state index contributed by atoms with van der Waals surface area (Å²) in [7, 11) is 1.86. The minimum atomic E-state index is 0. The second-order valence-corrected chi connectivity index (χ2v) is 5.50. The van der Waals surface area contributed by atoms with E-state index in [9.17, 15) is 0 Å². The number of hydrogen-bond donors (Lipinski definition) is 3. The maximum Gasteiger partial charge on any atom is 0.229 e. The Morgan fingerprint density at radius 2 is 2.32 bits per heavy atom. The summed E-state index contributed by atoms with van der Waals surface area (Å²) in [4.78, 5) is 8.58. The number of nitrogens with one attached hydrogen (secondary N) is 3. The molecule has 120 valence electrons. The van der Waals surface area contributed by atoms with Gasteiger partial charge in [0.15, 0.2) is 5.82 Å². The molecule has 1 aliphatic rings. The van der Waals surface area contributed by atoms with E-state index >= 15 is 0 Å². The molecule has 0 bridgehead atoms. The Kier molecular flexibility index (Phi) is 5.82. The Hall–Kier alpha value is -1.57. The predicted molar refractivity (Wildman–Crippen MR) is 90.3 cm³/mol. The third-order valence-electron chi connectivity index (χ3n) is 3.38. The lowest BCUT2D eigenvalue weighted by atomic mass is 10.2. The van der Waals surface area contributed by atoms with Crippen molar-refractivity contribution < 1.29 is 0 Å². The van der Waals surface area contributed by atoms with Crippen LogP contribution in [0.3, 0.4) is 0 Å². The molecular formula is C13H19Cl2N7. The van der Waals surface area contributed by atoms with E-state index in [1.54, 1.807) is 17.1 Å². The van der Waals surface area contributed by atoms with Crippen molar-refractivity contribution in [1.82, 2.24) is 25.1 Å². The molecule has 0 saturated carbocycles. The highest BCUT2D eigenvalue weighted by Crippen LogP contribution is 2.21. The molecule has 2 aromatic rings. The zero-order valence-corrected chi connectivity index (χ0v) is 13.8. The van der Waals surface area contributed by atoms with Crippen molar-refractivity contribution in [3.05, 3.63) is 23.6 Å². The summed E-state index contributed by atoms with van der Waals surface area (Å²) in [5, 5.41) is 14.4. The molecule has 2 aromatic heterocycles. The van der Waals surface area contributed by atoms with Crippen LogP contribution >= 0.6 is 24.0 Å². The van der Waals surface area contributed by atoms with Crippen molar-refractivity contribution >= 4 is 41.5 Å². The Morgan fingerprint density at radius 3 is 3.00 bits per heavy atom. The van der Waals surface area contributed by atoms with Gasteiger partial charge in [-0.3, -0.25) is 4.68 Å². The average Bonchev–Trinajstić information content (AvgIpc) is 3.11. The first-order valence-corrected chi connectivity index (χ1v) is 7.34. The van der Waals surface area contributed by atoms with E-state index in [2.05, 4.69) is 31.0 Å². The number of anilines is 3. The maximum absolute atomic E-state index is 6.14. The lowest BCUT2D eigenvalue weighted by Gasteiger charge is -2.13. The maximum atomic E-state index is 6.14. The van der Waals surface area contributed by atoms with Gasteiger partial charge in [0.25, 0.3) is 0 Å². The third kappa shape index (κ3) is 4.22. The summed E-state index contributed by atoms with van der Waals surface area (Å²) in [6, 6.07) is 0.478. The number of hydrogen-bond acceptors (Lipinski definition) is 6. The first-order chi connectivity index (χ1) is 10.2. The molecule has 22 heavy (non-hydrogen) atoms. The van der Waals surface area contributed by atoms with E-state index in [-0.39, 0.29) is 12.4 Å². The van der Waals surface area contributed by atoms with Crippen LogP contribution < -0.4 is 16.0 Å². The zero-order valence-electron chi connectivity index (χ0n) is 12.2. The van der Waals surface area contributed by atoms with E-state index in [4.69, 9.17) is 11.6 Å².